The van der Waals surface area contributed by atoms with Gasteiger partial charge in [-0.05, 0) is 18.6 Å². The van der Waals surface area contributed by atoms with E-state index in [0.717, 1.165) is 12.3 Å². The smallest absolute Gasteiger partial charge is 0.293 e. The topological polar surface area (TPSA) is 118 Å². The third-order valence-corrected chi connectivity index (χ3v) is 4.33. The van der Waals surface area contributed by atoms with Gasteiger partial charge in [-0.15, -0.1) is 0 Å². The highest BCUT2D eigenvalue weighted by atomic mass is 32.2. The van der Waals surface area contributed by atoms with E-state index in [-0.39, 0.29) is 28.2 Å². The zero-order chi connectivity index (χ0) is 15.6. The molecule has 1 unspecified atom stereocenters. The summed E-state index contributed by atoms with van der Waals surface area (Å²) in [6.45, 7) is 0.379. The van der Waals surface area contributed by atoms with Crippen molar-refractivity contribution in [3.63, 3.8) is 0 Å². The highest BCUT2D eigenvalue weighted by Gasteiger charge is 2.23. The van der Waals surface area contributed by atoms with Crippen LogP contribution in [0.5, 0.6) is 0 Å². The zero-order valence-electron chi connectivity index (χ0n) is 11.3. The summed E-state index contributed by atoms with van der Waals surface area (Å²) in [7, 11) is -3.51. The number of sulfone groups is 1. The lowest BCUT2D eigenvalue weighted by Gasteiger charge is -2.24. The van der Waals surface area contributed by atoms with Crippen LogP contribution in [0.25, 0.3) is 0 Å². The zero-order valence-corrected chi connectivity index (χ0v) is 12.1. The van der Waals surface area contributed by atoms with Crippen LogP contribution in [0.4, 0.5) is 11.4 Å². The lowest BCUT2D eigenvalue weighted by molar-refractivity contribution is -0.384. The average molecular weight is 313 g/mol. The molecule has 0 bridgehead atoms. The van der Waals surface area contributed by atoms with Gasteiger partial charge in [-0.2, -0.15) is 0 Å². The number of rotatable bonds is 4. The van der Waals surface area contributed by atoms with Gasteiger partial charge in [-0.1, -0.05) is 0 Å². The highest BCUT2D eigenvalue weighted by Crippen LogP contribution is 2.28. The molecule has 0 aromatic heterocycles. The Morgan fingerprint density at radius 3 is 2.67 bits per heavy atom. The minimum Gasteiger partial charge on any atom is -0.375 e. The molecular formula is C12H15N3O5S. The first kappa shape index (κ1) is 15.2. The molecule has 1 fully saturated rings. The Labute approximate surface area is 121 Å². The molecule has 0 spiro atoms. The van der Waals surface area contributed by atoms with E-state index < -0.39 is 14.8 Å². The first-order chi connectivity index (χ1) is 9.77. The Morgan fingerprint density at radius 1 is 1.43 bits per heavy atom. The first-order valence-electron chi connectivity index (χ1n) is 6.29. The van der Waals surface area contributed by atoms with E-state index in [1.807, 2.05) is 0 Å². The van der Waals surface area contributed by atoms with Crippen molar-refractivity contribution in [3.8, 4) is 0 Å². The Balaban J connectivity index is 2.27. The summed E-state index contributed by atoms with van der Waals surface area (Å²) >= 11 is 0. The molecule has 1 aromatic rings. The summed E-state index contributed by atoms with van der Waals surface area (Å²) < 4.78 is 22.9. The third-order valence-electron chi connectivity index (χ3n) is 3.22. The summed E-state index contributed by atoms with van der Waals surface area (Å²) in [5, 5.41) is 16.7. The second-order valence-corrected chi connectivity index (χ2v) is 6.91. The van der Waals surface area contributed by atoms with Gasteiger partial charge in [0.1, 0.15) is 5.69 Å². The maximum atomic E-state index is 11.5. The number of nitrogens with one attached hydrogen (secondary N) is 2. The van der Waals surface area contributed by atoms with E-state index >= 15 is 0 Å². The third kappa shape index (κ3) is 3.69. The van der Waals surface area contributed by atoms with Crippen LogP contribution in [-0.4, -0.2) is 38.1 Å². The summed E-state index contributed by atoms with van der Waals surface area (Å²) in [6.07, 6.45) is 1.92. The Bertz CT molecular complexity index is 676. The lowest BCUT2D eigenvalue weighted by atomic mass is 10.1. The molecule has 9 heteroatoms. The number of amides is 1. The predicted molar refractivity (Wildman–Crippen MR) is 75.9 cm³/mol. The van der Waals surface area contributed by atoms with Crippen LogP contribution in [0.3, 0.4) is 0 Å². The van der Waals surface area contributed by atoms with Crippen molar-refractivity contribution in [1.82, 2.24) is 5.32 Å². The van der Waals surface area contributed by atoms with Gasteiger partial charge in [0, 0.05) is 31.3 Å². The van der Waals surface area contributed by atoms with E-state index in [2.05, 4.69) is 10.6 Å². The van der Waals surface area contributed by atoms with Gasteiger partial charge in [0.15, 0.2) is 9.84 Å². The number of hydrogen-bond acceptors (Lipinski definition) is 6. The molecule has 114 valence electrons. The second-order valence-electron chi connectivity index (χ2n) is 4.89. The van der Waals surface area contributed by atoms with Gasteiger partial charge in [-0.3, -0.25) is 14.9 Å². The van der Waals surface area contributed by atoms with E-state index in [0.29, 0.717) is 19.4 Å². The quantitative estimate of drug-likeness (QED) is 0.623. The molecule has 21 heavy (non-hydrogen) atoms. The number of nitrogens with zero attached hydrogens (tertiary/aromatic N) is 1. The van der Waals surface area contributed by atoms with E-state index in [4.69, 9.17) is 0 Å². The molecule has 2 rings (SSSR count). The molecule has 8 nitrogen and oxygen atoms in total. The van der Waals surface area contributed by atoms with Crippen LogP contribution in [-0.2, 0) is 14.6 Å². The number of carbonyl (C=O) groups is 1. The van der Waals surface area contributed by atoms with Crippen molar-refractivity contribution in [3.05, 3.63) is 28.3 Å². The SMILES string of the molecule is CS(=O)(=O)c1ccc(NC2CCC(=O)NC2)c([N+](=O)[O-])c1. The van der Waals surface area contributed by atoms with Gasteiger partial charge in [0.25, 0.3) is 5.69 Å². The van der Waals surface area contributed by atoms with Crippen molar-refractivity contribution >= 4 is 27.1 Å². The molecule has 1 amide bonds. The molecule has 1 atom stereocenters. The van der Waals surface area contributed by atoms with Gasteiger partial charge < -0.3 is 10.6 Å². The van der Waals surface area contributed by atoms with Crippen molar-refractivity contribution in [1.29, 1.82) is 0 Å². The monoisotopic (exact) mass is 313 g/mol. The van der Waals surface area contributed by atoms with Crippen molar-refractivity contribution in [2.24, 2.45) is 0 Å². The number of nitro benzene ring substituents is 1. The normalized spacial score (nSPS) is 18.9. The van der Waals surface area contributed by atoms with Gasteiger partial charge >= 0.3 is 0 Å². The lowest BCUT2D eigenvalue weighted by Crippen LogP contribution is -2.41. The number of benzene rings is 1. The van der Waals surface area contributed by atoms with Crippen LogP contribution in [0.15, 0.2) is 23.1 Å². The number of hydrogen-bond donors (Lipinski definition) is 2. The van der Waals surface area contributed by atoms with Crippen LogP contribution >= 0.6 is 0 Å². The minimum atomic E-state index is -3.51. The van der Waals surface area contributed by atoms with Crippen LogP contribution in [0, 0.1) is 10.1 Å². The molecule has 1 heterocycles. The number of nitro groups is 1. The van der Waals surface area contributed by atoms with Crippen LogP contribution in [0.1, 0.15) is 12.8 Å². The average Bonchev–Trinajstić information content (AvgIpc) is 2.40. The fourth-order valence-electron chi connectivity index (χ4n) is 2.09. The number of carbonyl (C=O) groups excluding carboxylic acids is 1. The second kappa shape index (κ2) is 5.68. The summed E-state index contributed by atoms with van der Waals surface area (Å²) in [6, 6.07) is 3.63. The molecule has 1 aromatic carbocycles. The van der Waals surface area contributed by atoms with Crippen LogP contribution < -0.4 is 10.6 Å². The summed E-state index contributed by atoms with van der Waals surface area (Å²) in [5.74, 6) is -0.0463. The Kier molecular flexibility index (Phi) is 4.12. The minimum absolute atomic E-state index is 0.0463. The van der Waals surface area contributed by atoms with Gasteiger partial charge in [0.2, 0.25) is 5.91 Å². The van der Waals surface area contributed by atoms with E-state index in [1.165, 1.54) is 12.1 Å². The van der Waals surface area contributed by atoms with Crippen molar-refractivity contribution in [2.75, 3.05) is 18.1 Å². The molecular weight excluding hydrogens is 298 g/mol. The molecule has 0 saturated carbocycles. The Morgan fingerprint density at radius 2 is 2.14 bits per heavy atom. The maximum absolute atomic E-state index is 11.5. The molecule has 2 N–H and O–H groups in total. The molecule has 1 aliphatic rings. The van der Waals surface area contributed by atoms with Gasteiger partial charge in [0.05, 0.1) is 9.82 Å². The molecule has 1 saturated heterocycles. The summed E-state index contributed by atoms with van der Waals surface area (Å²) in [5.41, 5.74) is -0.0524. The van der Waals surface area contributed by atoms with Crippen molar-refractivity contribution in [2.45, 2.75) is 23.8 Å². The fraction of sp³-hybridized carbons (Fsp3) is 0.417. The number of anilines is 1. The number of piperidine rings is 1. The van der Waals surface area contributed by atoms with E-state index in [9.17, 15) is 23.3 Å². The molecule has 0 aliphatic carbocycles. The molecule has 1 aliphatic heterocycles. The van der Waals surface area contributed by atoms with Crippen LogP contribution in [0.2, 0.25) is 0 Å². The largest absolute Gasteiger partial charge is 0.375 e. The predicted octanol–water partition coefficient (Wildman–Crippen LogP) is 0.689. The first-order valence-corrected chi connectivity index (χ1v) is 8.18. The maximum Gasteiger partial charge on any atom is 0.293 e. The fourth-order valence-corrected chi connectivity index (χ4v) is 2.73. The molecule has 0 radical (unpaired) electrons. The highest BCUT2D eigenvalue weighted by molar-refractivity contribution is 7.90. The standard InChI is InChI=1S/C12H15N3O5S/c1-21(19,20)9-3-4-10(11(6-9)15(17)18)14-8-2-5-12(16)13-7-8/h3-4,6,8,14H,2,5,7H2,1H3,(H,13,16). The van der Waals surface area contributed by atoms with Gasteiger partial charge in [-0.25, -0.2) is 8.42 Å². The Hall–Kier alpha value is -2.16. The van der Waals surface area contributed by atoms with E-state index in [1.54, 1.807) is 0 Å². The summed E-state index contributed by atoms with van der Waals surface area (Å²) in [4.78, 5) is 21.4. The van der Waals surface area contributed by atoms with Crippen molar-refractivity contribution < 1.29 is 18.1 Å².